The number of ether oxygens (including phenoxy) is 1. The van der Waals surface area contributed by atoms with Gasteiger partial charge in [-0.1, -0.05) is 17.7 Å². The zero-order valence-electron chi connectivity index (χ0n) is 11.2. The lowest BCUT2D eigenvalue weighted by atomic mass is 9.96. The summed E-state index contributed by atoms with van der Waals surface area (Å²) in [6.45, 7) is 6.33. The topological polar surface area (TPSA) is 38.5 Å². The highest BCUT2D eigenvalue weighted by Crippen LogP contribution is 2.31. The Bertz CT molecular complexity index is 434. The van der Waals surface area contributed by atoms with Crippen LogP contribution in [-0.4, -0.2) is 30.1 Å². The van der Waals surface area contributed by atoms with Crippen molar-refractivity contribution in [1.29, 1.82) is 0 Å². The van der Waals surface area contributed by atoms with Crippen molar-refractivity contribution in [2.24, 2.45) is 5.73 Å². The van der Waals surface area contributed by atoms with Crippen LogP contribution >= 0.6 is 11.6 Å². The van der Waals surface area contributed by atoms with Crippen molar-refractivity contribution in [3.8, 4) is 5.75 Å². The van der Waals surface area contributed by atoms with Crippen LogP contribution in [0.15, 0.2) is 18.2 Å². The van der Waals surface area contributed by atoms with E-state index >= 15 is 0 Å². The summed E-state index contributed by atoms with van der Waals surface area (Å²) in [6, 6.07) is 6.19. The average molecular weight is 269 g/mol. The molecule has 0 saturated carbocycles. The maximum Gasteiger partial charge on any atom is 0.137 e. The number of benzene rings is 1. The third-order valence-corrected chi connectivity index (χ3v) is 4.32. The Hall–Kier alpha value is -0.770. The Balaban J connectivity index is 2.13. The van der Waals surface area contributed by atoms with E-state index in [1.807, 2.05) is 12.1 Å². The number of hydrogen-bond acceptors (Lipinski definition) is 3. The predicted molar refractivity (Wildman–Crippen MR) is 75.1 cm³/mol. The van der Waals surface area contributed by atoms with E-state index in [0.29, 0.717) is 5.02 Å². The fourth-order valence-electron chi connectivity index (χ4n) is 2.48. The number of likely N-dealkylation sites (tertiary alicyclic amines) is 1. The highest BCUT2D eigenvalue weighted by Gasteiger charge is 2.38. The molecule has 0 aliphatic carbocycles. The molecular weight excluding hydrogens is 248 g/mol. The first-order valence-electron chi connectivity index (χ1n) is 6.28. The lowest BCUT2D eigenvalue weighted by Gasteiger charge is -2.34. The van der Waals surface area contributed by atoms with Crippen LogP contribution in [0.1, 0.15) is 25.8 Å². The molecule has 18 heavy (non-hydrogen) atoms. The van der Waals surface area contributed by atoms with E-state index in [9.17, 15) is 0 Å². The first kappa shape index (κ1) is 13.7. The van der Waals surface area contributed by atoms with Crippen LogP contribution in [-0.2, 0) is 6.54 Å². The standard InChI is InChI=1S/C14H21ClN2O/c1-14(2)13(16)6-7-17(14)9-10-4-5-12(18-3)11(15)8-10/h4-5,8,13H,6-7,9,16H2,1-3H3. The molecule has 1 unspecified atom stereocenters. The van der Waals surface area contributed by atoms with E-state index in [1.165, 1.54) is 5.56 Å². The SMILES string of the molecule is COc1ccc(CN2CCC(N)C2(C)C)cc1Cl. The minimum Gasteiger partial charge on any atom is -0.495 e. The second-order valence-electron chi connectivity index (χ2n) is 5.44. The van der Waals surface area contributed by atoms with Crippen molar-refractivity contribution in [2.45, 2.75) is 38.4 Å². The van der Waals surface area contributed by atoms with Gasteiger partial charge in [-0.2, -0.15) is 0 Å². The number of rotatable bonds is 3. The van der Waals surface area contributed by atoms with E-state index < -0.39 is 0 Å². The minimum atomic E-state index is 0.0480. The Morgan fingerprint density at radius 3 is 2.72 bits per heavy atom. The van der Waals surface area contributed by atoms with Gasteiger partial charge < -0.3 is 10.5 Å². The fourth-order valence-corrected chi connectivity index (χ4v) is 2.76. The summed E-state index contributed by atoms with van der Waals surface area (Å²) in [4.78, 5) is 2.41. The van der Waals surface area contributed by atoms with Gasteiger partial charge >= 0.3 is 0 Å². The molecule has 1 aromatic carbocycles. The number of halogens is 1. The zero-order valence-corrected chi connectivity index (χ0v) is 12.0. The van der Waals surface area contributed by atoms with Gasteiger partial charge in [-0.15, -0.1) is 0 Å². The quantitative estimate of drug-likeness (QED) is 0.916. The average Bonchev–Trinajstić information content (AvgIpc) is 2.56. The molecule has 1 saturated heterocycles. The monoisotopic (exact) mass is 268 g/mol. The number of methoxy groups -OCH3 is 1. The lowest BCUT2D eigenvalue weighted by molar-refractivity contribution is 0.154. The van der Waals surface area contributed by atoms with Crippen LogP contribution in [0.3, 0.4) is 0 Å². The second kappa shape index (κ2) is 5.08. The number of nitrogens with zero attached hydrogens (tertiary/aromatic N) is 1. The van der Waals surface area contributed by atoms with Gasteiger partial charge in [0.05, 0.1) is 12.1 Å². The molecule has 0 aromatic heterocycles. The van der Waals surface area contributed by atoms with Crippen molar-refractivity contribution < 1.29 is 4.74 Å². The van der Waals surface area contributed by atoms with Crippen LogP contribution in [0.25, 0.3) is 0 Å². The molecule has 1 aliphatic heterocycles. The van der Waals surface area contributed by atoms with Gasteiger partial charge in [0, 0.05) is 24.7 Å². The van der Waals surface area contributed by atoms with E-state index in [-0.39, 0.29) is 11.6 Å². The predicted octanol–water partition coefficient (Wildman–Crippen LogP) is 2.66. The molecule has 100 valence electrons. The summed E-state index contributed by atoms with van der Waals surface area (Å²) in [5, 5.41) is 0.663. The lowest BCUT2D eigenvalue weighted by Crippen LogP contribution is -2.48. The van der Waals surface area contributed by atoms with Gasteiger partial charge in [-0.05, 0) is 38.0 Å². The molecule has 0 bridgehead atoms. The van der Waals surface area contributed by atoms with Gasteiger partial charge in [-0.25, -0.2) is 0 Å². The summed E-state index contributed by atoms with van der Waals surface area (Å²) in [7, 11) is 1.63. The minimum absolute atomic E-state index is 0.0480. The Kier molecular flexibility index (Phi) is 3.85. The van der Waals surface area contributed by atoms with Gasteiger partial charge in [0.25, 0.3) is 0 Å². The van der Waals surface area contributed by atoms with Crippen LogP contribution in [0.2, 0.25) is 5.02 Å². The van der Waals surface area contributed by atoms with Crippen molar-refractivity contribution in [3.63, 3.8) is 0 Å². The van der Waals surface area contributed by atoms with Gasteiger partial charge in [0.2, 0.25) is 0 Å². The summed E-state index contributed by atoms with van der Waals surface area (Å²) in [6.07, 6.45) is 1.05. The molecule has 0 amide bonds. The summed E-state index contributed by atoms with van der Waals surface area (Å²) in [5.41, 5.74) is 7.39. The molecule has 4 heteroatoms. The van der Waals surface area contributed by atoms with Gasteiger partial charge in [0.1, 0.15) is 5.75 Å². The third kappa shape index (κ3) is 2.48. The molecule has 0 radical (unpaired) electrons. The summed E-state index contributed by atoms with van der Waals surface area (Å²) >= 11 is 6.15. The molecule has 1 fully saturated rings. The van der Waals surface area contributed by atoms with E-state index in [4.69, 9.17) is 22.1 Å². The molecule has 1 heterocycles. The number of hydrogen-bond donors (Lipinski definition) is 1. The fraction of sp³-hybridized carbons (Fsp3) is 0.571. The Morgan fingerprint density at radius 1 is 1.50 bits per heavy atom. The maximum atomic E-state index is 6.15. The third-order valence-electron chi connectivity index (χ3n) is 4.02. The Labute approximate surface area is 114 Å². The van der Waals surface area contributed by atoms with Crippen molar-refractivity contribution >= 4 is 11.6 Å². The van der Waals surface area contributed by atoms with Crippen LogP contribution in [0, 0.1) is 0 Å². The van der Waals surface area contributed by atoms with Crippen molar-refractivity contribution in [1.82, 2.24) is 4.90 Å². The molecule has 2 N–H and O–H groups in total. The molecule has 2 rings (SSSR count). The van der Waals surface area contributed by atoms with Crippen LogP contribution in [0.5, 0.6) is 5.75 Å². The summed E-state index contributed by atoms with van der Waals surface area (Å²) < 4.78 is 5.16. The second-order valence-corrected chi connectivity index (χ2v) is 5.85. The van der Waals surface area contributed by atoms with Gasteiger partial charge in [0.15, 0.2) is 0 Å². The van der Waals surface area contributed by atoms with Crippen LogP contribution < -0.4 is 10.5 Å². The van der Waals surface area contributed by atoms with E-state index in [1.54, 1.807) is 7.11 Å². The normalized spacial score (nSPS) is 23.3. The van der Waals surface area contributed by atoms with Crippen molar-refractivity contribution in [3.05, 3.63) is 28.8 Å². The zero-order chi connectivity index (χ0) is 13.3. The molecule has 3 nitrogen and oxygen atoms in total. The molecule has 1 aliphatic rings. The van der Waals surface area contributed by atoms with E-state index in [0.717, 1.165) is 25.3 Å². The number of nitrogens with two attached hydrogens (primary N) is 1. The highest BCUT2D eigenvalue weighted by molar-refractivity contribution is 6.32. The van der Waals surface area contributed by atoms with Gasteiger partial charge in [-0.3, -0.25) is 4.90 Å². The maximum absolute atomic E-state index is 6.15. The van der Waals surface area contributed by atoms with Crippen LogP contribution in [0.4, 0.5) is 0 Å². The van der Waals surface area contributed by atoms with Crippen molar-refractivity contribution in [2.75, 3.05) is 13.7 Å². The highest BCUT2D eigenvalue weighted by atomic mass is 35.5. The Morgan fingerprint density at radius 2 is 2.22 bits per heavy atom. The first-order chi connectivity index (χ1) is 8.45. The van der Waals surface area contributed by atoms with E-state index in [2.05, 4.69) is 24.8 Å². The first-order valence-corrected chi connectivity index (χ1v) is 6.66. The molecular formula is C14H21ClN2O. The molecule has 1 atom stereocenters. The molecule has 0 spiro atoms. The summed E-state index contributed by atoms with van der Waals surface area (Å²) in [5.74, 6) is 0.720. The largest absolute Gasteiger partial charge is 0.495 e. The smallest absolute Gasteiger partial charge is 0.137 e. The molecule has 1 aromatic rings.